The Hall–Kier alpha value is -1.90. The normalized spacial score (nSPS) is 10.3. The first-order valence-corrected chi connectivity index (χ1v) is 5.28. The number of benzene rings is 1. The van der Waals surface area contributed by atoms with Gasteiger partial charge in [-0.2, -0.15) is 0 Å². The smallest absolute Gasteiger partial charge is 0.125 e. The first-order valence-electron chi connectivity index (χ1n) is 5.28. The predicted molar refractivity (Wildman–Crippen MR) is 62.3 cm³/mol. The van der Waals surface area contributed by atoms with Crippen molar-refractivity contribution < 1.29 is 4.79 Å². The van der Waals surface area contributed by atoms with Crippen molar-refractivity contribution in [2.24, 2.45) is 0 Å². The van der Waals surface area contributed by atoms with Gasteiger partial charge in [0.05, 0.1) is 12.0 Å². The highest BCUT2D eigenvalue weighted by molar-refractivity contribution is 5.53. The van der Waals surface area contributed by atoms with Gasteiger partial charge in [0, 0.05) is 19.2 Å². The second-order valence-corrected chi connectivity index (χ2v) is 3.83. The van der Waals surface area contributed by atoms with E-state index < -0.39 is 0 Å². The number of carbonyl (C=O) groups excluding carboxylic acids is 1. The highest BCUT2D eigenvalue weighted by atomic mass is 16.1. The lowest BCUT2D eigenvalue weighted by atomic mass is 10.1. The Morgan fingerprint density at radius 2 is 2.19 bits per heavy atom. The van der Waals surface area contributed by atoms with Gasteiger partial charge in [-0.15, -0.1) is 0 Å². The highest BCUT2D eigenvalue weighted by Gasteiger charge is 2.00. The SMILES string of the molecule is Cc1ccccc1Cn1cnc(CC=O)c1. The van der Waals surface area contributed by atoms with Gasteiger partial charge in [0.15, 0.2) is 0 Å². The molecule has 0 bridgehead atoms. The number of hydrogen-bond acceptors (Lipinski definition) is 2. The van der Waals surface area contributed by atoms with Gasteiger partial charge in [-0.1, -0.05) is 24.3 Å². The predicted octanol–water partition coefficient (Wildman–Crippen LogP) is 1.98. The lowest BCUT2D eigenvalue weighted by molar-refractivity contribution is -0.107. The van der Waals surface area contributed by atoms with E-state index in [2.05, 4.69) is 24.0 Å². The first kappa shape index (κ1) is 10.6. The molecule has 0 atom stereocenters. The number of aryl methyl sites for hydroxylation is 1. The second kappa shape index (κ2) is 4.75. The van der Waals surface area contributed by atoms with Crippen LogP contribution in [0.1, 0.15) is 16.8 Å². The van der Waals surface area contributed by atoms with Crippen LogP contribution in [0.25, 0.3) is 0 Å². The van der Waals surface area contributed by atoms with Crippen LogP contribution in [0.2, 0.25) is 0 Å². The van der Waals surface area contributed by atoms with Crippen LogP contribution in [0.3, 0.4) is 0 Å². The molecule has 3 heteroatoms. The molecule has 16 heavy (non-hydrogen) atoms. The molecule has 0 aliphatic rings. The summed E-state index contributed by atoms with van der Waals surface area (Å²) in [5, 5.41) is 0. The average Bonchev–Trinajstić information content (AvgIpc) is 2.70. The zero-order valence-electron chi connectivity index (χ0n) is 9.26. The van der Waals surface area contributed by atoms with Crippen LogP contribution < -0.4 is 0 Å². The molecule has 82 valence electrons. The van der Waals surface area contributed by atoms with Crippen molar-refractivity contribution in [2.45, 2.75) is 19.9 Å². The minimum absolute atomic E-state index is 0.390. The van der Waals surface area contributed by atoms with Crippen LogP contribution in [-0.4, -0.2) is 15.8 Å². The van der Waals surface area contributed by atoms with Crippen LogP contribution in [0.5, 0.6) is 0 Å². The monoisotopic (exact) mass is 214 g/mol. The standard InChI is InChI=1S/C13H14N2O/c1-11-4-2-3-5-12(11)8-15-9-13(6-7-16)14-10-15/h2-5,7,9-10H,6,8H2,1H3. The quantitative estimate of drug-likeness (QED) is 0.729. The minimum Gasteiger partial charge on any atom is -0.333 e. The summed E-state index contributed by atoms with van der Waals surface area (Å²) in [4.78, 5) is 14.5. The van der Waals surface area contributed by atoms with Crippen LogP contribution in [0.4, 0.5) is 0 Å². The number of imidazole rings is 1. The van der Waals surface area contributed by atoms with Crippen molar-refractivity contribution >= 4 is 6.29 Å². The fourth-order valence-corrected chi connectivity index (χ4v) is 1.67. The van der Waals surface area contributed by atoms with E-state index in [4.69, 9.17) is 0 Å². The molecule has 0 spiro atoms. The third-order valence-electron chi connectivity index (χ3n) is 2.59. The molecule has 0 unspecified atom stereocenters. The Kier molecular flexibility index (Phi) is 3.15. The summed E-state index contributed by atoms with van der Waals surface area (Å²) in [7, 11) is 0. The molecule has 2 rings (SSSR count). The van der Waals surface area contributed by atoms with E-state index in [1.165, 1.54) is 11.1 Å². The number of hydrogen-bond donors (Lipinski definition) is 0. The maximum atomic E-state index is 10.3. The molecule has 0 aliphatic heterocycles. The molecule has 2 aromatic rings. The van der Waals surface area contributed by atoms with Crippen molar-refractivity contribution in [2.75, 3.05) is 0 Å². The number of aromatic nitrogens is 2. The van der Waals surface area contributed by atoms with E-state index in [1.54, 1.807) is 6.33 Å². The van der Waals surface area contributed by atoms with Crippen molar-refractivity contribution in [1.82, 2.24) is 9.55 Å². The zero-order chi connectivity index (χ0) is 11.4. The third kappa shape index (κ3) is 2.37. The van der Waals surface area contributed by atoms with E-state index in [0.717, 1.165) is 18.5 Å². The van der Waals surface area contributed by atoms with E-state index in [1.807, 2.05) is 22.9 Å². The van der Waals surface area contributed by atoms with E-state index >= 15 is 0 Å². The van der Waals surface area contributed by atoms with E-state index in [-0.39, 0.29) is 0 Å². The van der Waals surface area contributed by atoms with Gasteiger partial charge in [-0.3, -0.25) is 0 Å². The number of rotatable bonds is 4. The molecule has 0 aliphatic carbocycles. The van der Waals surface area contributed by atoms with E-state index in [0.29, 0.717) is 6.42 Å². The summed E-state index contributed by atoms with van der Waals surface area (Å²) in [5.41, 5.74) is 3.37. The van der Waals surface area contributed by atoms with Crippen molar-refractivity contribution in [1.29, 1.82) is 0 Å². The minimum atomic E-state index is 0.390. The molecule has 0 saturated carbocycles. The maximum absolute atomic E-state index is 10.3. The molecular weight excluding hydrogens is 200 g/mol. The molecule has 0 amide bonds. The Morgan fingerprint density at radius 1 is 1.38 bits per heavy atom. The maximum Gasteiger partial charge on any atom is 0.125 e. The van der Waals surface area contributed by atoms with Gasteiger partial charge in [-0.05, 0) is 18.1 Å². The number of aldehydes is 1. The van der Waals surface area contributed by atoms with Crippen LogP contribution in [0, 0.1) is 6.92 Å². The van der Waals surface area contributed by atoms with Gasteiger partial charge in [0.1, 0.15) is 6.29 Å². The van der Waals surface area contributed by atoms with Gasteiger partial charge >= 0.3 is 0 Å². The first-order chi connectivity index (χ1) is 7.79. The Labute approximate surface area is 94.7 Å². The number of nitrogens with zero attached hydrogens (tertiary/aromatic N) is 2. The summed E-state index contributed by atoms with van der Waals surface area (Å²) >= 11 is 0. The highest BCUT2D eigenvalue weighted by Crippen LogP contribution is 2.09. The largest absolute Gasteiger partial charge is 0.333 e. The Morgan fingerprint density at radius 3 is 2.94 bits per heavy atom. The lowest BCUT2D eigenvalue weighted by Gasteiger charge is -2.05. The summed E-state index contributed by atoms with van der Waals surface area (Å²) in [5.74, 6) is 0. The molecule has 0 fully saturated rings. The summed E-state index contributed by atoms with van der Waals surface area (Å²) < 4.78 is 2.00. The molecule has 0 radical (unpaired) electrons. The van der Waals surface area contributed by atoms with Crippen LogP contribution in [0.15, 0.2) is 36.8 Å². The lowest BCUT2D eigenvalue weighted by Crippen LogP contribution is -1.98. The Balaban J connectivity index is 2.14. The zero-order valence-corrected chi connectivity index (χ0v) is 9.26. The van der Waals surface area contributed by atoms with Crippen molar-refractivity contribution in [3.05, 3.63) is 53.6 Å². The molecule has 0 N–H and O–H groups in total. The van der Waals surface area contributed by atoms with Gasteiger partial charge < -0.3 is 9.36 Å². The fraction of sp³-hybridized carbons (Fsp3) is 0.231. The van der Waals surface area contributed by atoms with Gasteiger partial charge in [-0.25, -0.2) is 4.98 Å². The van der Waals surface area contributed by atoms with Crippen LogP contribution in [-0.2, 0) is 17.8 Å². The van der Waals surface area contributed by atoms with Gasteiger partial charge in [0.25, 0.3) is 0 Å². The molecular formula is C13H14N2O. The fourth-order valence-electron chi connectivity index (χ4n) is 1.67. The van der Waals surface area contributed by atoms with Crippen LogP contribution >= 0.6 is 0 Å². The molecule has 3 nitrogen and oxygen atoms in total. The Bertz CT molecular complexity index is 488. The molecule has 1 heterocycles. The van der Waals surface area contributed by atoms with Gasteiger partial charge in [0.2, 0.25) is 0 Å². The van der Waals surface area contributed by atoms with Crippen molar-refractivity contribution in [3.63, 3.8) is 0 Å². The number of carbonyl (C=O) groups is 1. The van der Waals surface area contributed by atoms with Crippen molar-refractivity contribution in [3.8, 4) is 0 Å². The third-order valence-corrected chi connectivity index (χ3v) is 2.59. The second-order valence-electron chi connectivity index (χ2n) is 3.83. The summed E-state index contributed by atoms with van der Waals surface area (Å²) in [6.45, 7) is 2.90. The molecule has 1 aromatic carbocycles. The molecule has 0 saturated heterocycles. The van der Waals surface area contributed by atoms with E-state index in [9.17, 15) is 4.79 Å². The topological polar surface area (TPSA) is 34.9 Å². The summed E-state index contributed by atoms with van der Waals surface area (Å²) in [6, 6.07) is 8.27. The summed E-state index contributed by atoms with van der Waals surface area (Å²) in [6.07, 6.45) is 4.95. The molecule has 1 aromatic heterocycles. The average molecular weight is 214 g/mol.